The van der Waals surface area contributed by atoms with Crippen molar-refractivity contribution in [2.75, 3.05) is 12.9 Å². The van der Waals surface area contributed by atoms with E-state index in [-0.39, 0.29) is 10.9 Å². The van der Waals surface area contributed by atoms with Crippen molar-refractivity contribution in [1.29, 1.82) is 0 Å². The first kappa shape index (κ1) is 17.1. The summed E-state index contributed by atoms with van der Waals surface area (Å²) in [6.45, 7) is 0. The molecular weight excluding hydrogens is 333 g/mol. The lowest BCUT2D eigenvalue weighted by Crippen LogP contribution is -2.11. The molecule has 0 aliphatic rings. The van der Waals surface area contributed by atoms with Gasteiger partial charge < -0.3 is 9.84 Å². The van der Waals surface area contributed by atoms with E-state index in [1.54, 1.807) is 24.3 Å². The van der Waals surface area contributed by atoms with Crippen LogP contribution in [0.2, 0.25) is 0 Å². The Morgan fingerprint density at radius 3 is 2.61 bits per heavy atom. The van der Waals surface area contributed by atoms with Crippen molar-refractivity contribution in [2.45, 2.75) is 11.3 Å². The minimum absolute atomic E-state index is 0.0117. The van der Waals surface area contributed by atoms with Gasteiger partial charge in [0.25, 0.3) is 0 Å². The summed E-state index contributed by atoms with van der Waals surface area (Å²) in [7, 11) is 1.39. The number of alkyl halides is 3. The third-order valence-electron chi connectivity index (χ3n) is 2.70. The molecule has 0 saturated heterocycles. The van der Waals surface area contributed by atoms with Gasteiger partial charge in [0, 0.05) is 5.56 Å². The standard InChI is InChI=1S/C14H11F3N2O3S/c1-22-10-5-3-2-4-8(10)9-6-11(14(15,16)17)19-13(18-9)23-7-12(20)21/h2-6H,7H2,1H3,(H,20,21). The van der Waals surface area contributed by atoms with Gasteiger partial charge in [-0.15, -0.1) is 0 Å². The highest BCUT2D eigenvalue weighted by atomic mass is 32.2. The molecule has 2 aromatic rings. The lowest BCUT2D eigenvalue weighted by Gasteiger charge is -2.12. The van der Waals surface area contributed by atoms with Gasteiger partial charge in [0.1, 0.15) is 11.4 Å². The van der Waals surface area contributed by atoms with Crippen LogP contribution in [-0.2, 0) is 11.0 Å². The van der Waals surface area contributed by atoms with Crippen LogP contribution in [0.5, 0.6) is 5.75 Å². The van der Waals surface area contributed by atoms with E-state index >= 15 is 0 Å². The summed E-state index contributed by atoms with van der Waals surface area (Å²) in [6.07, 6.45) is -4.67. The van der Waals surface area contributed by atoms with Gasteiger partial charge in [0.05, 0.1) is 18.6 Å². The zero-order valence-corrected chi connectivity index (χ0v) is 12.6. The van der Waals surface area contributed by atoms with Crippen molar-refractivity contribution in [3.8, 4) is 17.0 Å². The number of ether oxygens (including phenoxy) is 1. The van der Waals surface area contributed by atoms with Gasteiger partial charge in [-0.1, -0.05) is 23.9 Å². The Bertz CT molecular complexity index is 723. The lowest BCUT2D eigenvalue weighted by molar-refractivity contribution is -0.141. The molecule has 9 heteroatoms. The Morgan fingerprint density at radius 2 is 2.00 bits per heavy atom. The Balaban J connectivity index is 2.53. The number of carbonyl (C=O) groups is 1. The number of benzene rings is 1. The second kappa shape index (κ2) is 6.86. The number of carboxylic acid groups (broad SMARTS) is 1. The van der Waals surface area contributed by atoms with Crippen LogP contribution in [0.3, 0.4) is 0 Å². The minimum atomic E-state index is -4.67. The van der Waals surface area contributed by atoms with Crippen molar-refractivity contribution >= 4 is 17.7 Å². The largest absolute Gasteiger partial charge is 0.496 e. The number of hydrogen-bond donors (Lipinski definition) is 1. The molecule has 23 heavy (non-hydrogen) atoms. The first-order chi connectivity index (χ1) is 10.8. The van der Waals surface area contributed by atoms with E-state index in [1.165, 1.54) is 7.11 Å². The van der Waals surface area contributed by atoms with Crippen molar-refractivity contribution in [2.24, 2.45) is 0 Å². The summed E-state index contributed by atoms with van der Waals surface area (Å²) in [5, 5.41) is 8.39. The zero-order chi connectivity index (χ0) is 17.0. The molecule has 2 rings (SSSR count). The van der Waals surface area contributed by atoms with Crippen molar-refractivity contribution in [1.82, 2.24) is 9.97 Å². The highest BCUT2D eigenvalue weighted by Gasteiger charge is 2.34. The second-order valence-corrected chi connectivity index (χ2v) is 5.24. The molecule has 0 saturated carbocycles. The molecule has 1 N–H and O–H groups in total. The maximum Gasteiger partial charge on any atom is 0.433 e. The molecule has 0 atom stereocenters. The normalized spacial score (nSPS) is 11.3. The van der Waals surface area contributed by atoms with E-state index in [2.05, 4.69) is 9.97 Å². The van der Waals surface area contributed by atoms with Crippen LogP contribution in [0.1, 0.15) is 5.69 Å². The summed E-state index contributed by atoms with van der Waals surface area (Å²) in [5.74, 6) is -1.25. The van der Waals surface area contributed by atoms with Gasteiger partial charge in [-0.25, -0.2) is 9.97 Å². The van der Waals surface area contributed by atoms with Crippen LogP contribution in [0.4, 0.5) is 13.2 Å². The molecule has 1 aromatic carbocycles. The average molecular weight is 344 g/mol. The number of aromatic nitrogens is 2. The number of nitrogens with zero attached hydrogens (tertiary/aromatic N) is 2. The fourth-order valence-corrected chi connectivity index (χ4v) is 2.33. The van der Waals surface area contributed by atoms with Gasteiger partial charge >= 0.3 is 12.1 Å². The predicted octanol–water partition coefficient (Wildman–Crippen LogP) is 3.35. The third-order valence-corrected chi connectivity index (χ3v) is 3.54. The first-order valence-electron chi connectivity index (χ1n) is 6.25. The van der Waals surface area contributed by atoms with E-state index in [0.717, 1.165) is 6.07 Å². The summed E-state index contributed by atoms with van der Waals surface area (Å²) >= 11 is 0.619. The maximum absolute atomic E-state index is 13.0. The molecule has 0 aliphatic carbocycles. The van der Waals surface area contributed by atoms with E-state index in [4.69, 9.17) is 9.84 Å². The first-order valence-corrected chi connectivity index (χ1v) is 7.24. The molecule has 1 heterocycles. The number of carboxylic acids is 1. The van der Waals surface area contributed by atoms with Crippen LogP contribution < -0.4 is 4.74 Å². The van der Waals surface area contributed by atoms with Gasteiger partial charge in [-0.3, -0.25) is 4.79 Å². The molecular formula is C14H11F3N2O3S. The molecule has 0 aliphatic heterocycles. The highest BCUT2D eigenvalue weighted by molar-refractivity contribution is 7.99. The number of para-hydroxylation sites is 1. The topological polar surface area (TPSA) is 72.3 Å². The number of aliphatic carboxylic acids is 1. The quantitative estimate of drug-likeness (QED) is 0.662. The summed E-state index contributed by atoms with van der Waals surface area (Å²) in [4.78, 5) is 18.0. The zero-order valence-electron chi connectivity index (χ0n) is 11.8. The van der Waals surface area contributed by atoms with Crippen molar-refractivity contribution in [3.05, 3.63) is 36.0 Å². The third kappa shape index (κ3) is 4.35. The SMILES string of the molecule is COc1ccccc1-c1cc(C(F)(F)F)nc(SCC(=O)O)n1. The molecule has 0 bridgehead atoms. The van der Waals surface area contributed by atoms with Gasteiger partial charge in [0.2, 0.25) is 0 Å². The molecule has 0 spiro atoms. The Morgan fingerprint density at radius 1 is 1.30 bits per heavy atom. The van der Waals surface area contributed by atoms with Crippen molar-refractivity contribution < 1.29 is 27.8 Å². The molecule has 1 aromatic heterocycles. The predicted molar refractivity (Wildman–Crippen MR) is 77.4 cm³/mol. The molecule has 122 valence electrons. The van der Waals surface area contributed by atoms with Gasteiger partial charge in [-0.2, -0.15) is 13.2 Å². The molecule has 0 amide bonds. The van der Waals surface area contributed by atoms with Gasteiger partial charge in [0.15, 0.2) is 5.16 Å². The fraction of sp³-hybridized carbons (Fsp3) is 0.214. The highest BCUT2D eigenvalue weighted by Crippen LogP contribution is 2.34. The number of halogens is 3. The molecule has 0 radical (unpaired) electrons. The molecule has 5 nitrogen and oxygen atoms in total. The summed E-state index contributed by atoms with van der Waals surface area (Å²) in [6, 6.07) is 7.27. The number of methoxy groups -OCH3 is 1. The number of rotatable bonds is 5. The minimum Gasteiger partial charge on any atom is -0.496 e. The van der Waals surface area contributed by atoms with Gasteiger partial charge in [-0.05, 0) is 18.2 Å². The average Bonchev–Trinajstić information content (AvgIpc) is 2.51. The van der Waals surface area contributed by atoms with E-state index in [1.807, 2.05) is 0 Å². The molecule has 0 unspecified atom stereocenters. The van der Waals surface area contributed by atoms with Crippen LogP contribution >= 0.6 is 11.8 Å². The van der Waals surface area contributed by atoms with Crippen LogP contribution in [0.15, 0.2) is 35.5 Å². The van der Waals surface area contributed by atoms with Crippen LogP contribution in [-0.4, -0.2) is 33.9 Å². The van der Waals surface area contributed by atoms with E-state index in [9.17, 15) is 18.0 Å². The van der Waals surface area contributed by atoms with Crippen LogP contribution in [0.25, 0.3) is 11.3 Å². The number of hydrogen-bond acceptors (Lipinski definition) is 5. The van der Waals surface area contributed by atoms with Crippen LogP contribution in [0, 0.1) is 0 Å². The summed E-state index contributed by atoms with van der Waals surface area (Å²) < 4.78 is 44.1. The monoisotopic (exact) mass is 344 g/mol. The Labute approximate surface area is 133 Å². The van der Waals surface area contributed by atoms with Crippen molar-refractivity contribution in [3.63, 3.8) is 0 Å². The summed E-state index contributed by atoms with van der Waals surface area (Å²) in [5.41, 5.74) is -0.765. The molecule has 0 fully saturated rings. The van der Waals surface area contributed by atoms with E-state index in [0.29, 0.717) is 23.1 Å². The maximum atomic E-state index is 13.0. The lowest BCUT2D eigenvalue weighted by atomic mass is 10.1. The fourth-order valence-electron chi connectivity index (χ4n) is 1.76. The second-order valence-electron chi connectivity index (χ2n) is 4.30. The smallest absolute Gasteiger partial charge is 0.433 e. The van der Waals surface area contributed by atoms with E-state index < -0.39 is 23.6 Å². The number of thioether (sulfide) groups is 1. The Kier molecular flexibility index (Phi) is 5.09. The Hall–Kier alpha value is -2.29.